The van der Waals surface area contributed by atoms with E-state index in [0.29, 0.717) is 12.6 Å². The quantitative estimate of drug-likeness (QED) is 0.571. The van der Waals surface area contributed by atoms with E-state index in [9.17, 15) is 0 Å². The highest BCUT2D eigenvalue weighted by Crippen LogP contribution is 2.13. The van der Waals surface area contributed by atoms with Crippen molar-refractivity contribution in [2.75, 3.05) is 27.2 Å². The van der Waals surface area contributed by atoms with E-state index in [1.807, 2.05) is 7.05 Å². The number of likely N-dealkylation sites (tertiary alicyclic amines) is 1. The Balaban J connectivity index is 1.76. The first kappa shape index (κ1) is 13.8. The van der Waals surface area contributed by atoms with E-state index < -0.39 is 0 Å². The fraction of sp³-hybridized carbons (Fsp3) is 0.750. The lowest BCUT2D eigenvalue weighted by Gasteiger charge is -2.21. The molecule has 1 atom stereocenters. The second-order valence-electron chi connectivity index (χ2n) is 4.88. The molecule has 0 radical (unpaired) electrons. The molecule has 0 bridgehead atoms. The Morgan fingerprint density at radius 2 is 2.32 bits per heavy atom. The van der Waals surface area contributed by atoms with Gasteiger partial charge in [-0.1, -0.05) is 0 Å². The van der Waals surface area contributed by atoms with E-state index >= 15 is 0 Å². The number of aryl methyl sites for hydroxylation is 1. The Morgan fingerprint density at radius 1 is 1.47 bits per heavy atom. The van der Waals surface area contributed by atoms with E-state index in [1.165, 1.54) is 19.4 Å². The fourth-order valence-corrected chi connectivity index (χ4v) is 2.32. The van der Waals surface area contributed by atoms with Gasteiger partial charge in [-0.15, -0.1) is 0 Å². The van der Waals surface area contributed by atoms with E-state index in [4.69, 9.17) is 0 Å². The summed E-state index contributed by atoms with van der Waals surface area (Å²) in [6.07, 6.45) is 4.10. The zero-order valence-electron chi connectivity index (χ0n) is 11.9. The normalized spacial score (nSPS) is 20.8. The van der Waals surface area contributed by atoms with E-state index in [1.54, 1.807) is 18.1 Å². The van der Waals surface area contributed by atoms with Gasteiger partial charge >= 0.3 is 0 Å². The molecule has 0 saturated carbocycles. The molecule has 2 rings (SSSR count). The van der Waals surface area contributed by atoms with Gasteiger partial charge < -0.3 is 15.5 Å². The van der Waals surface area contributed by atoms with Crippen LogP contribution in [0.25, 0.3) is 0 Å². The van der Waals surface area contributed by atoms with Crippen LogP contribution in [-0.4, -0.2) is 58.9 Å². The molecule has 0 spiro atoms. The SMILES string of the molecule is CN=C(NCc1ncnn1C)NCC1CCCN1C. The van der Waals surface area contributed by atoms with Crippen LogP contribution in [0.15, 0.2) is 11.3 Å². The summed E-state index contributed by atoms with van der Waals surface area (Å²) in [5.74, 6) is 1.70. The number of hydrogen-bond donors (Lipinski definition) is 2. The van der Waals surface area contributed by atoms with Crippen LogP contribution in [0.5, 0.6) is 0 Å². The zero-order valence-corrected chi connectivity index (χ0v) is 11.9. The van der Waals surface area contributed by atoms with Gasteiger partial charge in [0.05, 0.1) is 6.54 Å². The monoisotopic (exact) mass is 265 g/mol. The van der Waals surface area contributed by atoms with Gasteiger partial charge in [0.25, 0.3) is 0 Å². The minimum absolute atomic E-state index is 0.605. The predicted molar refractivity (Wildman–Crippen MR) is 74.9 cm³/mol. The van der Waals surface area contributed by atoms with E-state index in [-0.39, 0.29) is 0 Å². The number of rotatable bonds is 4. The molecule has 1 aliphatic heterocycles. The first-order valence-corrected chi connectivity index (χ1v) is 6.68. The van der Waals surface area contributed by atoms with Crippen molar-refractivity contribution in [3.63, 3.8) is 0 Å². The van der Waals surface area contributed by atoms with Gasteiger partial charge in [-0.25, -0.2) is 4.98 Å². The molecule has 2 N–H and O–H groups in total. The first-order chi connectivity index (χ1) is 9.20. The van der Waals surface area contributed by atoms with Crippen molar-refractivity contribution in [1.29, 1.82) is 0 Å². The molecule has 7 heteroatoms. The number of aromatic nitrogens is 3. The summed E-state index contributed by atoms with van der Waals surface area (Å²) >= 11 is 0. The highest BCUT2D eigenvalue weighted by molar-refractivity contribution is 5.79. The predicted octanol–water partition coefficient (Wildman–Crippen LogP) is -0.426. The van der Waals surface area contributed by atoms with Crippen LogP contribution in [0.3, 0.4) is 0 Å². The van der Waals surface area contributed by atoms with Gasteiger partial charge in [0.1, 0.15) is 12.2 Å². The van der Waals surface area contributed by atoms with Crippen LogP contribution in [-0.2, 0) is 13.6 Å². The molecule has 7 nitrogen and oxygen atoms in total. The van der Waals surface area contributed by atoms with Crippen LogP contribution in [0.4, 0.5) is 0 Å². The minimum atomic E-state index is 0.605. The number of hydrogen-bond acceptors (Lipinski definition) is 4. The molecule has 1 unspecified atom stereocenters. The highest BCUT2D eigenvalue weighted by Gasteiger charge is 2.20. The molecule has 106 valence electrons. The first-order valence-electron chi connectivity index (χ1n) is 6.68. The molecule has 2 heterocycles. The third-order valence-corrected chi connectivity index (χ3v) is 3.62. The Labute approximate surface area is 114 Å². The maximum absolute atomic E-state index is 4.22. The number of nitrogens with zero attached hydrogens (tertiary/aromatic N) is 5. The summed E-state index contributed by atoms with van der Waals surface area (Å²) in [6.45, 7) is 2.74. The lowest BCUT2D eigenvalue weighted by atomic mass is 10.2. The molecule has 1 saturated heterocycles. The van der Waals surface area contributed by atoms with Crippen molar-refractivity contribution >= 4 is 5.96 Å². The molecule has 0 aliphatic carbocycles. The molecule has 0 aromatic carbocycles. The van der Waals surface area contributed by atoms with E-state index in [0.717, 1.165) is 18.3 Å². The fourth-order valence-electron chi connectivity index (χ4n) is 2.32. The van der Waals surface area contributed by atoms with Gasteiger partial charge in [0.2, 0.25) is 0 Å². The average Bonchev–Trinajstić information content (AvgIpc) is 2.99. The summed E-state index contributed by atoms with van der Waals surface area (Å²) < 4.78 is 1.75. The van der Waals surface area contributed by atoms with Gasteiger partial charge in [0.15, 0.2) is 5.96 Å². The second-order valence-corrected chi connectivity index (χ2v) is 4.88. The van der Waals surface area contributed by atoms with Crippen molar-refractivity contribution in [2.24, 2.45) is 12.0 Å². The van der Waals surface area contributed by atoms with Gasteiger partial charge in [-0.3, -0.25) is 9.67 Å². The summed E-state index contributed by atoms with van der Waals surface area (Å²) in [5.41, 5.74) is 0. The molecule has 0 amide bonds. The lowest BCUT2D eigenvalue weighted by Crippen LogP contribution is -2.43. The van der Waals surface area contributed by atoms with Crippen molar-refractivity contribution in [1.82, 2.24) is 30.3 Å². The van der Waals surface area contributed by atoms with Crippen molar-refractivity contribution in [3.8, 4) is 0 Å². The third kappa shape index (κ3) is 3.66. The Bertz CT molecular complexity index is 425. The van der Waals surface area contributed by atoms with Crippen LogP contribution < -0.4 is 10.6 Å². The molecular weight excluding hydrogens is 242 g/mol. The smallest absolute Gasteiger partial charge is 0.191 e. The number of nitrogens with one attached hydrogen (secondary N) is 2. The van der Waals surface area contributed by atoms with Crippen LogP contribution >= 0.6 is 0 Å². The van der Waals surface area contributed by atoms with Crippen LogP contribution in [0.1, 0.15) is 18.7 Å². The maximum Gasteiger partial charge on any atom is 0.191 e. The lowest BCUT2D eigenvalue weighted by molar-refractivity contribution is 0.309. The third-order valence-electron chi connectivity index (χ3n) is 3.62. The molecule has 1 aromatic rings. The Hall–Kier alpha value is -1.63. The largest absolute Gasteiger partial charge is 0.355 e. The van der Waals surface area contributed by atoms with Crippen molar-refractivity contribution in [3.05, 3.63) is 12.2 Å². The molecule has 1 fully saturated rings. The van der Waals surface area contributed by atoms with E-state index in [2.05, 4.69) is 37.7 Å². The standard InChI is InChI=1S/C12H23N7/c1-13-12(14-7-10-5-4-6-18(10)2)15-8-11-16-9-17-19(11)3/h9-10H,4-8H2,1-3H3,(H2,13,14,15). The van der Waals surface area contributed by atoms with Crippen molar-refractivity contribution in [2.45, 2.75) is 25.4 Å². The van der Waals surface area contributed by atoms with Crippen LogP contribution in [0, 0.1) is 0 Å². The molecule has 1 aliphatic rings. The highest BCUT2D eigenvalue weighted by atomic mass is 15.3. The van der Waals surface area contributed by atoms with Crippen LogP contribution in [0.2, 0.25) is 0 Å². The molecule has 1 aromatic heterocycles. The second kappa shape index (κ2) is 6.51. The number of guanidine groups is 1. The maximum atomic E-state index is 4.22. The van der Waals surface area contributed by atoms with Crippen molar-refractivity contribution < 1.29 is 0 Å². The zero-order chi connectivity index (χ0) is 13.7. The summed E-state index contributed by atoms with van der Waals surface area (Å²) in [5, 5.41) is 10.6. The average molecular weight is 265 g/mol. The van der Waals surface area contributed by atoms with Gasteiger partial charge in [0, 0.05) is 26.7 Å². The summed E-state index contributed by atoms with van der Waals surface area (Å²) in [4.78, 5) is 10.8. The Kier molecular flexibility index (Phi) is 4.73. The molecule has 19 heavy (non-hydrogen) atoms. The van der Waals surface area contributed by atoms with Gasteiger partial charge in [-0.2, -0.15) is 5.10 Å². The minimum Gasteiger partial charge on any atom is -0.355 e. The summed E-state index contributed by atoms with van der Waals surface area (Å²) in [7, 11) is 5.84. The topological polar surface area (TPSA) is 70.4 Å². The molecular formula is C12H23N7. The Morgan fingerprint density at radius 3 is 2.89 bits per heavy atom. The number of aliphatic imine (C=N–C) groups is 1. The summed E-state index contributed by atoms with van der Waals surface area (Å²) in [6, 6.07) is 0.605. The van der Waals surface area contributed by atoms with Gasteiger partial charge in [-0.05, 0) is 26.4 Å². The number of likely N-dealkylation sites (N-methyl/N-ethyl adjacent to an activating group) is 1.